The van der Waals surface area contributed by atoms with Crippen molar-refractivity contribution >= 4 is 38.0 Å². The van der Waals surface area contributed by atoms with Crippen LogP contribution in [0.3, 0.4) is 0 Å². The van der Waals surface area contributed by atoms with Crippen LogP contribution in [-0.2, 0) is 21.2 Å². The lowest BCUT2D eigenvalue weighted by Crippen LogP contribution is -2.33. The van der Waals surface area contributed by atoms with Crippen molar-refractivity contribution in [2.45, 2.75) is 55.8 Å². The number of fused-ring (bicyclic) bond motifs is 1. The van der Waals surface area contributed by atoms with E-state index in [-0.39, 0.29) is 29.0 Å². The highest BCUT2D eigenvalue weighted by Crippen LogP contribution is 2.32. The fraction of sp³-hybridized carbons (Fsp3) is 0.452. The van der Waals surface area contributed by atoms with Gasteiger partial charge in [0.05, 0.1) is 41.1 Å². The Bertz CT molecular complexity index is 1630. The summed E-state index contributed by atoms with van der Waals surface area (Å²) in [6, 6.07) is 11.3. The monoisotopic (exact) mass is 618 g/mol. The molecule has 1 saturated carbocycles. The van der Waals surface area contributed by atoms with E-state index in [1.165, 1.54) is 19.2 Å². The van der Waals surface area contributed by atoms with Crippen molar-refractivity contribution < 1.29 is 31.1 Å². The van der Waals surface area contributed by atoms with E-state index in [1.54, 1.807) is 30.3 Å². The minimum Gasteiger partial charge on any atom is -0.495 e. The molecule has 1 aromatic heterocycles. The summed E-state index contributed by atoms with van der Waals surface area (Å²) in [5, 5.41) is 6.42. The standard InChI is InChI=1S/C31H37F3N4O4S/c1-37(2)22-12-10-21(11-13-22)17-30(39)36-26-8-5-9-28-25(26)18-23(38(28)20-31(32,33)34)7-6-16-35-27-15-14-24(43(4,40)41)19-29(27)42-3/h5,8-9,14-15,18-19,21-22,35H,10-13,16-17,20H2,1-4H3,(H,36,39). The van der Waals surface area contributed by atoms with Crippen molar-refractivity contribution in [3.05, 3.63) is 48.2 Å². The summed E-state index contributed by atoms with van der Waals surface area (Å²) in [6.45, 7) is -1.18. The minimum absolute atomic E-state index is 0.0573. The van der Waals surface area contributed by atoms with Crippen molar-refractivity contribution in [3.63, 3.8) is 0 Å². The normalized spacial score (nSPS) is 17.4. The smallest absolute Gasteiger partial charge is 0.406 e. The molecule has 0 aliphatic heterocycles. The summed E-state index contributed by atoms with van der Waals surface area (Å²) < 4.78 is 70.8. The van der Waals surface area contributed by atoms with Crippen LogP contribution in [0, 0.1) is 17.8 Å². The highest BCUT2D eigenvalue weighted by atomic mass is 32.2. The van der Waals surface area contributed by atoms with E-state index in [2.05, 4.69) is 41.5 Å². The molecule has 0 radical (unpaired) electrons. The molecule has 2 N–H and O–H groups in total. The summed E-state index contributed by atoms with van der Waals surface area (Å²) >= 11 is 0. The Balaban J connectivity index is 1.53. The Morgan fingerprint density at radius 2 is 1.81 bits per heavy atom. The third-order valence-corrected chi connectivity index (χ3v) is 8.87. The van der Waals surface area contributed by atoms with Crippen LogP contribution in [0.1, 0.15) is 37.8 Å². The summed E-state index contributed by atoms with van der Waals surface area (Å²) in [5.74, 6) is 6.09. The lowest BCUT2D eigenvalue weighted by atomic mass is 9.83. The van der Waals surface area contributed by atoms with Gasteiger partial charge in [-0.2, -0.15) is 13.2 Å². The van der Waals surface area contributed by atoms with Gasteiger partial charge in [-0.3, -0.25) is 4.79 Å². The van der Waals surface area contributed by atoms with Gasteiger partial charge in [-0.25, -0.2) is 8.42 Å². The number of alkyl halides is 3. The van der Waals surface area contributed by atoms with Crippen LogP contribution in [0.15, 0.2) is 47.4 Å². The minimum atomic E-state index is -4.49. The second-order valence-corrected chi connectivity index (χ2v) is 13.2. The van der Waals surface area contributed by atoms with Crippen molar-refractivity contribution in [1.82, 2.24) is 9.47 Å². The van der Waals surface area contributed by atoms with E-state index in [0.717, 1.165) is 36.5 Å². The first kappa shape index (κ1) is 32.2. The first-order valence-electron chi connectivity index (χ1n) is 14.0. The van der Waals surface area contributed by atoms with Crippen LogP contribution < -0.4 is 15.4 Å². The predicted octanol–water partition coefficient (Wildman–Crippen LogP) is 5.53. The van der Waals surface area contributed by atoms with Crippen LogP contribution in [0.5, 0.6) is 5.75 Å². The molecule has 12 heteroatoms. The number of carbonyl (C=O) groups excluding carboxylic acids is 1. The van der Waals surface area contributed by atoms with Gasteiger partial charge in [0.25, 0.3) is 0 Å². The highest BCUT2D eigenvalue weighted by Gasteiger charge is 2.30. The van der Waals surface area contributed by atoms with Gasteiger partial charge in [0.1, 0.15) is 12.3 Å². The maximum absolute atomic E-state index is 13.6. The highest BCUT2D eigenvalue weighted by molar-refractivity contribution is 7.90. The molecule has 1 aliphatic carbocycles. The summed E-state index contributed by atoms with van der Waals surface area (Å²) in [7, 11) is 2.11. The molecule has 43 heavy (non-hydrogen) atoms. The number of ether oxygens (including phenoxy) is 1. The Morgan fingerprint density at radius 1 is 1.09 bits per heavy atom. The van der Waals surface area contributed by atoms with Gasteiger partial charge in [0.15, 0.2) is 9.84 Å². The number of aromatic nitrogens is 1. The molecule has 1 fully saturated rings. The van der Waals surface area contributed by atoms with E-state index >= 15 is 0 Å². The molecule has 0 atom stereocenters. The molecule has 0 unspecified atom stereocenters. The fourth-order valence-electron chi connectivity index (χ4n) is 5.50. The van der Waals surface area contributed by atoms with Crippen LogP contribution in [0.25, 0.3) is 10.9 Å². The van der Waals surface area contributed by atoms with Gasteiger partial charge >= 0.3 is 6.18 Å². The van der Waals surface area contributed by atoms with E-state index in [4.69, 9.17) is 4.74 Å². The molecule has 0 saturated heterocycles. The lowest BCUT2D eigenvalue weighted by molar-refractivity contribution is -0.140. The third kappa shape index (κ3) is 8.45. The summed E-state index contributed by atoms with van der Waals surface area (Å²) in [4.78, 5) is 15.3. The van der Waals surface area contributed by atoms with Crippen molar-refractivity contribution in [3.8, 4) is 17.6 Å². The van der Waals surface area contributed by atoms with Gasteiger partial charge in [-0.1, -0.05) is 12.0 Å². The lowest BCUT2D eigenvalue weighted by Gasteiger charge is -2.32. The first-order valence-corrected chi connectivity index (χ1v) is 15.9. The van der Waals surface area contributed by atoms with Crippen molar-refractivity contribution in [2.75, 3.05) is 44.6 Å². The maximum Gasteiger partial charge on any atom is 0.406 e. The zero-order valence-corrected chi connectivity index (χ0v) is 25.5. The number of anilines is 2. The second kappa shape index (κ2) is 13.3. The van der Waals surface area contributed by atoms with Gasteiger partial charge in [0, 0.05) is 30.2 Å². The van der Waals surface area contributed by atoms with Gasteiger partial charge in [-0.15, -0.1) is 0 Å². The number of hydrogen-bond acceptors (Lipinski definition) is 6. The molecule has 4 rings (SSSR count). The zero-order valence-electron chi connectivity index (χ0n) is 24.7. The van der Waals surface area contributed by atoms with E-state index in [9.17, 15) is 26.4 Å². The number of sulfone groups is 1. The molecule has 8 nitrogen and oxygen atoms in total. The molecule has 2 aromatic carbocycles. The number of benzene rings is 2. The van der Waals surface area contributed by atoms with Gasteiger partial charge in [-0.05, 0) is 81.9 Å². The van der Waals surface area contributed by atoms with Crippen LogP contribution in [0.2, 0.25) is 0 Å². The van der Waals surface area contributed by atoms with Crippen LogP contribution >= 0.6 is 0 Å². The van der Waals surface area contributed by atoms with E-state index in [0.29, 0.717) is 40.5 Å². The average Bonchev–Trinajstić information content (AvgIpc) is 3.27. The number of rotatable bonds is 9. The Morgan fingerprint density at radius 3 is 2.44 bits per heavy atom. The quantitative estimate of drug-likeness (QED) is 0.307. The second-order valence-electron chi connectivity index (χ2n) is 11.1. The molecule has 0 spiro atoms. The molecule has 1 aliphatic rings. The fourth-order valence-corrected chi connectivity index (χ4v) is 6.13. The number of nitrogens with one attached hydrogen (secondary N) is 2. The third-order valence-electron chi connectivity index (χ3n) is 7.76. The Hall–Kier alpha value is -3.69. The van der Waals surface area contributed by atoms with Crippen molar-refractivity contribution in [1.29, 1.82) is 0 Å². The molecule has 1 amide bonds. The Kier molecular flexibility index (Phi) is 9.97. The van der Waals surface area contributed by atoms with Gasteiger partial charge < -0.3 is 24.8 Å². The number of carbonyl (C=O) groups is 1. The molecule has 232 valence electrons. The van der Waals surface area contributed by atoms with E-state index < -0.39 is 22.6 Å². The van der Waals surface area contributed by atoms with Crippen molar-refractivity contribution in [2.24, 2.45) is 5.92 Å². The van der Waals surface area contributed by atoms with Crippen LogP contribution in [0.4, 0.5) is 24.5 Å². The number of nitrogens with zero attached hydrogens (tertiary/aromatic N) is 2. The SMILES string of the molecule is COc1cc(S(C)(=O)=O)ccc1NCC#Cc1cc2c(NC(=O)CC3CCC(N(C)C)CC3)cccc2n1CC(F)(F)F. The maximum atomic E-state index is 13.6. The van der Waals surface area contributed by atoms with Gasteiger partial charge in [0.2, 0.25) is 5.91 Å². The summed E-state index contributed by atoms with van der Waals surface area (Å²) in [5.41, 5.74) is 1.40. The van der Waals surface area contributed by atoms with Crippen LogP contribution in [-0.4, -0.2) is 70.0 Å². The molecule has 1 heterocycles. The molecule has 0 bridgehead atoms. The number of amides is 1. The Labute approximate surface area is 250 Å². The largest absolute Gasteiger partial charge is 0.495 e. The number of hydrogen-bond donors (Lipinski definition) is 2. The zero-order chi connectivity index (χ0) is 31.4. The summed E-state index contributed by atoms with van der Waals surface area (Å²) in [6.07, 6.45) is 0.974. The predicted molar refractivity (Wildman–Crippen MR) is 162 cm³/mol. The average molecular weight is 619 g/mol. The molecule has 3 aromatic rings. The first-order chi connectivity index (χ1) is 20.2. The number of halogens is 3. The molecular weight excluding hydrogens is 581 g/mol. The molecular formula is C31H37F3N4O4S. The topological polar surface area (TPSA) is 92.7 Å². The van der Waals surface area contributed by atoms with E-state index in [1.807, 2.05) is 0 Å². The number of methoxy groups -OCH3 is 1.